The van der Waals surface area contributed by atoms with Crippen molar-refractivity contribution in [2.75, 3.05) is 5.73 Å². The summed E-state index contributed by atoms with van der Waals surface area (Å²) in [6, 6.07) is 0. The number of hydrogen-bond donors (Lipinski definition) is 3. The van der Waals surface area contributed by atoms with Gasteiger partial charge in [0.1, 0.15) is 5.69 Å². The lowest BCUT2D eigenvalue weighted by Gasteiger charge is -2.09. The van der Waals surface area contributed by atoms with Crippen molar-refractivity contribution in [2.45, 2.75) is 19.3 Å². The van der Waals surface area contributed by atoms with Gasteiger partial charge in [0.15, 0.2) is 5.78 Å². The number of aromatic nitrogens is 1. The number of carbonyl (C=O) groups excluding carboxylic acids is 1. The molecule has 14 heavy (non-hydrogen) atoms. The van der Waals surface area contributed by atoms with Gasteiger partial charge in [0.2, 0.25) is 0 Å². The predicted octanol–water partition coefficient (Wildman–Crippen LogP) is 0.814. The average molecular weight is 194 g/mol. The van der Waals surface area contributed by atoms with E-state index in [4.69, 9.17) is 10.8 Å². The summed E-state index contributed by atoms with van der Waals surface area (Å²) in [6.45, 7) is 0. The molecule has 0 fully saturated rings. The van der Waals surface area contributed by atoms with Crippen LogP contribution in [0.4, 0.5) is 5.69 Å². The van der Waals surface area contributed by atoms with Gasteiger partial charge >= 0.3 is 5.97 Å². The van der Waals surface area contributed by atoms with Crippen LogP contribution in [-0.4, -0.2) is 21.8 Å². The number of nitrogens with two attached hydrogens (primary N) is 1. The zero-order valence-corrected chi connectivity index (χ0v) is 7.46. The van der Waals surface area contributed by atoms with Crippen LogP contribution in [0.5, 0.6) is 0 Å². The summed E-state index contributed by atoms with van der Waals surface area (Å²) in [4.78, 5) is 24.9. The molecule has 1 heterocycles. The molecule has 0 aromatic carbocycles. The number of anilines is 1. The fraction of sp³-hybridized carbons (Fsp3) is 0.333. The molecular formula is C9H10N2O3. The highest BCUT2D eigenvalue weighted by atomic mass is 16.4. The van der Waals surface area contributed by atoms with Crippen molar-refractivity contribution in [1.29, 1.82) is 0 Å². The van der Waals surface area contributed by atoms with Crippen LogP contribution in [-0.2, 0) is 6.42 Å². The second kappa shape index (κ2) is 2.87. The van der Waals surface area contributed by atoms with Crippen LogP contribution in [0, 0.1) is 0 Å². The molecule has 74 valence electrons. The normalized spacial score (nSPS) is 15.3. The molecule has 0 aliphatic heterocycles. The quantitative estimate of drug-likeness (QED) is 0.616. The van der Waals surface area contributed by atoms with Gasteiger partial charge in [-0.2, -0.15) is 0 Å². The van der Waals surface area contributed by atoms with E-state index in [1.165, 1.54) is 0 Å². The maximum atomic E-state index is 11.4. The summed E-state index contributed by atoms with van der Waals surface area (Å²) < 4.78 is 0. The lowest BCUT2D eigenvalue weighted by Crippen LogP contribution is -2.10. The average Bonchev–Trinajstić information content (AvgIpc) is 2.45. The Morgan fingerprint density at radius 2 is 2.14 bits per heavy atom. The second-order valence-corrected chi connectivity index (χ2v) is 3.35. The Kier molecular flexibility index (Phi) is 1.80. The zero-order chi connectivity index (χ0) is 10.3. The van der Waals surface area contributed by atoms with Gasteiger partial charge in [-0.05, 0) is 12.8 Å². The molecule has 1 aromatic rings. The number of carboxylic acid groups (broad SMARTS) is 1. The summed E-state index contributed by atoms with van der Waals surface area (Å²) in [5.74, 6) is -1.18. The van der Waals surface area contributed by atoms with Crippen molar-refractivity contribution in [3.8, 4) is 0 Å². The van der Waals surface area contributed by atoms with E-state index in [1.54, 1.807) is 0 Å². The summed E-state index contributed by atoms with van der Waals surface area (Å²) in [5, 5.41) is 8.78. The predicted molar refractivity (Wildman–Crippen MR) is 49.4 cm³/mol. The Bertz CT molecular complexity index is 420. The number of aryl methyl sites for hydroxylation is 1. The van der Waals surface area contributed by atoms with Crippen molar-refractivity contribution in [2.24, 2.45) is 0 Å². The van der Waals surface area contributed by atoms with Crippen LogP contribution in [0.2, 0.25) is 0 Å². The van der Waals surface area contributed by atoms with Crippen LogP contribution in [0.15, 0.2) is 0 Å². The van der Waals surface area contributed by atoms with E-state index in [-0.39, 0.29) is 17.2 Å². The molecule has 5 nitrogen and oxygen atoms in total. The summed E-state index contributed by atoms with van der Waals surface area (Å²) >= 11 is 0. The van der Waals surface area contributed by atoms with E-state index in [0.717, 1.165) is 6.42 Å². The second-order valence-electron chi connectivity index (χ2n) is 3.35. The third-order valence-corrected chi connectivity index (χ3v) is 2.44. The van der Waals surface area contributed by atoms with Crippen LogP contribution in [0.1, 0.15) is 39.4 Å². The first kappa shape index (κ1) is 8.80. The molecule has 0 bridgehead atoms. The van der Waals surface area contributed by atoms with E-state index in [0.29, 0.717) is 24.1 Å². The molecule has 0 saturated heterocycles. The number of fused-ring (bicyclic) bond motifs is 1. The topological polar surface area (TPSA) is 96.2 Å². The fourth-order valence-electron chi connectivity index (χ4n) is 1.79. The lowest BCUT2D eigenvalue weighted by atomic mass is 9.96. The molecular weight excluding hydrogens is 184 g/mol. The molecule has 1 aromatic heterocycles. The van der Waals surface area contributed by atoms with Crippen molar-refractivity contribution >= 4 is 17.4 Å². The Balaban J connectivity index is 2.60. The molecule has 4 N–H and O–H groups in total. The number of nitrogens with one attached hydrogen (secondary N) is 1. The van der Waals surface area contributed by atoms with E-state index >= 15 is 0 Å². The van der Waals surface area contributed by atoms with Crippen LogP contribution >= 0.6 is 0 Å². The highest BCUT2D eigenvalue weighted by molar-refractivity contribution is 6.07. The van der Waals surface area contributed by atoms with Gasteiger partial charge in [0, 0.05) is 12.1 Å². The van der Waals surface area contributed by atoms with Crippen LogP contribution in [0.25, 0.3) is 0 Å². The molecule has 0 unspecified atom stereocenters. The monoisotopic (exact) mass is 194 g/mol. The van der Waals surface area contributed by atoms with Gasteiger partial charge in [0.25, 0.3) is 0 Å². The van der Waals surface area contributed by atoms with Gasteiger partial charge in [-0.1, -0.05) is 0 Å². The molecule has 2 rings (SSSR count). The van der Waals surface area contributed by atoms with Gasteiger partial charge in [-0.3, -0.25) is 4.79 Å². The van der Waals surface area contributed by atoms with E-state index < -0.39 is 5.97 Å². The maximum Gasteiger partial charge on any atom is 0.354 e. The number of hydrogen-bond acceptors (Lipinski definition) is 3. The third kappa shape index (κ3) is 1.09. The van der Waals surface area contributed by atoms with Crippen molar-refractivity contribution in [3.63, 3.8) is 0 Å². The lowest BCUT2D eigenvalue weighted by molar-refractivity contribution is 0.0692. The Hall–Kier alpha value is -1.78. The number of aromatic amines is 1. The summed E-state index contributed by atoms with van der Waals surface area (Å²) in [7, 11) is 0. The Morgan fingerprint density at radius 1 is 1.43 bits per heavy atom. The first-order valence-electron chi connectivity index (χ1n) is 4.38. The van der Waals surface area contributed by atoms with E-state index in [1.807, 2.05) is 0 Å². The molecule has 5 heteroatoms. The Morgan fingerprint density at radius 3 is 2.71 bits per heavy atom. The number of Topliss-reactive ketones (excluding diaryl/α,β-unsaturated/α-hetero) is 1. The zero-order valence-electron chi connectivity index (χ0n) is 7.46. The number of nitrogen functional groups attached to an aromatic ring is 1. The Labute approximate surface area is 79.9 Å². The van der Waals surface area contributed by atoms with Gasteiger partial charge in [-0.25, -0.2) is 4.79 Å². The third-order valence-electron chi connectivity index (χ3n) is 2.44. The highest BCUT2D eigenvalue weighted by Gasteiger charge is 2.26. The van der Waals surface area contributed by atoms with Crippen LogP contribution in [0.3, 0.4) is 0 Å². The van der Waals surface area contributed by atoms with Crippen molar-refractivity contribution < 1.29 is 14.7 Å². The number of H-pyrrole nitrogens is 1. The molecule has 0 radical (unpaired) electrons. The largest absolute Gasteiger partial charge is 0.477 e. The minimum atomic E-state index is -1.12. The minimum Gasteiger partial charge on any atom is -0.477 e. The molecule has 0 atom stereocenters. The van der Waals surface area contributed by atoms with Gasteiger partial charge < -0.3 is 15.8 Å². The summed E-state index contributed by atoms with van der Waals surface area (Å²) in [5.41, 5.74) is 6.64. The van der Waals surface area contributed by atoms with Gasteiger partial charge in [0.05, 0.1) is 11.3 Å². The van der Waals surface area contributed by atoms with E-state index in [9.17, 15) is 9.59 Å². The number of ketones is 1. The smallest absolute Gasteiger partial charge is 0.354 e. The number of aromatic carboxylic acids is 1. The van der Waals surface area contributed by atoms with E-state index in [2.05, 4.69) is 4.98 Å². The SMILES string of the molecule is Nc1c(C(=O)O)[nH]c2c1C(=O)CCC2. The molecule has 1 aliphatic carbocycles. The molecule has 0 spiro atoms. The number of rotatable bonds is 1. The standard InChI is InChI=1S/C9H10N2O3/c10-7-6-4(2-1-3-5(6)12)11-8(7)9(13)14/h11H,1-3,10H2,(H,13,14). The molecule has 1 aliphatic rings. The first-order valence-corrected chi connectivity index (χ1v) is 4.38. The minimum absolute atomic E-state index is 0.0625. The van der Waals surface area contributed by atoms with Crippen LogP contribution < -0.4 is 5.73 Å². The maximum absolute atomic E-state index is 11.4. The molecule has 0 saturated carbocycles. The van der Waals surface area contributed by atoms with Crippen molar-refractivity contribution in [1.82, 2.24) is 4.98 Å². The fourth-order valence-corrected chi connectivity index (χ4v) is 1.79. The highest BCUT2D eigenvalue weighted by Crippen LogP contribution is 2.28. The van der Waals surface area contributed by atoms with Crippen molar-refractivity contribution in [3.05, 3.63) is 17.0 Å². The number of carboxylic acids is 1. The summed E-state index contributed by atoms with van der Waals surface area (Å²) in [6.07, 6.45) is 1.90. The number of carbonyl (C=O) groups is 2. The van der Waals surface area contributed by atoms with Gasteiger partial charge in [-0.15, -0.1) is 0 Å². The first-order chi connectivity index (χ1) is 6.61. The molecule has 0 amide bonds.